The summed E-state index contributed by atoms with van der Waals surface area (Å²) in [6, 6.07) is 20.7. The zero-order valence-electron chi connectivity index (χ0n) is 23.0. The van der Waals surface area contributed by atoms with Crippen LogP contribution in [0.2, 0.25) is 0 Å². The molecule has 41 heavy (non-hydrogen) atoms. The maximum absolute atomic E-state index is 14.0. The quantitative estimate of drug-likeness (QED) is 0.247. The van der Waals surface area contributed by atoms with Gasteiger partial charge in [0, 0.05) is 37.6 Å². The molecule has 2 heterocycles. The number of halogens is 1. The van der Waals surface area contributed by atoms with E-state index in [9.17, 15) is 17.6 Å². The van der Waals surface area contributed by atoms with Gasteiger partial charge in [0.25, 0.3) is 0 Å². The van der Waals surface area contributed by atoms with Crippen molar-refractivity contribution in [3.05, 3.63) is 100.0 Å². The molecule has 0 saturated carbocycles. The zero-order valence-corrected chi connectivity index (χ0v) is 24.7. The molecule has 5 rings (SSSR count). The number of sulfonamides is 1. The van der Waals surface area contributed by atoms with E-state index in [2.05, 4.69) is 4.90 Å². The number of carbonyl (C=O) groups is 1. The van der Waals surface area contributed by atoms with Gasteiger partial charge in [-0.15, -0.1) is 11.3 Å². The number of thiophene rings is 1. The molecule has 0 spiro atoms. The van der Waals surface area contributed by atoms with Gasteiger partial charge in [-0.05, 0) is 64.5 Å². The van der Waals surface area contributed by atoms with Crippen molar-refractivity contribution in [2.75, 3.05) is 45.9 Å². The van der Waals surface area contributed by atoms with Crippen LogP contribution in [0, 0.1) is 12.7 Å². The highest BCUT2D eigenvalue weighted by atomic mass is 32.2. The van der Waals surface area contributed by atoms with E-state index in [0.29, 0.717) is 39.4 Å². The van der Waals surface area contributed by atoms with Gasteiger partial charge in [0.15, 0.2) is 0 Å². The third-order valence-electron chi connectivity index (χ3n) is 7.38. The van der Waals surface area contributed by atoms with Crippen molar-refractivity contribution in [2.24, 2.45) is 0 Å². The first-order valence-corrected chi connectivity index (χ1v) is 16.0. The zero-order chi connectivity index (χ0) is 28.8. The molecule has 1 amide bonds. The Hall–Kier alpha value is -3.15. The average Bonchev–Trinajstić information content (AvgIpc) is 3.39. The topological polar surface area (TPSA) is 70.2 Å². The van der Waals surface area contributed by atoms with Gasteiger partial charge in [0.2, 0.25) is 15.9 Å². The summed E-state index contributed by atoms with van der Waals surface area (Å²) < 4.78 is 48.4. The fourth-order valence-electron chi connectivity index (χ4n) is 4.87. The molecule has 1 aliphatic heterocycles. The number of carbonyl (C=O) groups excluding carboxylic acids is 1. The van der Waals surface area contributed by atoms with E-state index in [-0.39, 0.29) is 36.3 Å². The summed E-state index contributed by atoms with van der Waals surface area (Å²) >= 11 is 1.56. The van der Waals surface area contributed by atoms with Crippen LogP contribution in [0.5, 0.6) is 0 Å². The fourth-order valence-corrected chi connectivity index (χ4v) is 7.21. The molecular formula is C31H34FN3O4S2. The minimum atomic E-state index is -3.99. The number of aryl methyl sites for hydroxylation is 1. The van der Waals surface area contributed by atoms with Gasteiger partial charge in [0.05, 0.1) is 31.2 Å². The Bertz CT molecular complexity index is 1580. The van der Waals surface area contributed by atoms with Crippen LogP contribution in [0.15, 0.2) is 83.1 Å². The molecule has 0 atom stereocenters. The highest BCUT2D eigenvalue weighted by Crippen LogP contribution is 2.24. The molecule has 1 fully saturated rings. The van der Waals surface area contributed by atoms with Crippen LogP contribution >= 0.6 is 11.3 Å². The largest absolute Gasteiger partial charge is 0.379 e. The number of rotatable bonds is 11. The summed E-state index contributed by atoms with van der Waals surface area (Å²) in [5.41, 5.74) is 1.84. The fraction of sp³-hybridized carbons (Fsp3) is 0.323. The molecule has 0 N–H and O–H groups in total. The lowest BCUT2D eigenvalue weighted by atomic mass is 10.1. The number of benzene rings is 3. The Morgan fingerprint density at radius 1 is 0.976 bits per heavy atom. The molecule has 1 aliphatic rings. The summed E-state index contributed by atoms with van der Waals surface area (Å²) in [7, 11) is -3.99. The van der Waals surface area contributed by atoms with Gasteiger partial charge < -0.3 is 9.64 Å². The second-order valence-corrected chi connectivity index (χ2v) is 13.1. The van der Waals surface area contributed by atoms with Crippen molar-refractivity contribution < 1.29 is 22.3 Å². The van der Waals surface area contributed by atoms with E-state index < -0.39 is 10.0 Å². The number of ether oxygens (including phenoxy) is 1. The van der Waals surface area contributed by atoms with E-state index in [4.69, 9.17) is 4.74 Å². The lowest BCUT2D eigenvalue weighted by molar-refractivity contribution is -0.132. The van der Waals surface area contributed by atoms with Crippen LogP contribution in [0.1, 0.15) is 16.0 Å². The summed E-state index contributed by atoms with van der Waals surface area (Å²) in [5, 5.41) is 3.74. The van der Waals surface area contributed by atoms with E-state index in [1.165, 1.54) is 16.4 Å². The lowest BCUT2D eigenvalue weighted by Crippen LogP contribution is -2.47. The van der Waals surface area contributed by atoms with Crippen molar-refractivity contribution in [1.29, 1.82) is 0 Å². The van der Waals surface area contributed by atoms with E-state index in [0.717, 1.165) is 26.8 Å². The van der Waals surface area contributed by atoms with Crippen molar-refractivity contribution >= 4 is 38.0 Å². The first kappa shape index (κ1) is 29.3. The molecule has 1 saturated heterocycles. The number of morpholine rings is 1. The average molecular weight is 596 g/mol. The van der Waals surface area contributed by atoms with Gasteiger partial charge in [0.1, 0.15) is 5.82 Å². The summed E-state index contributed by atoms with van der Waals surface area (Å²) in [6.45, 7) is 5.56. The number of hydrogen-bond acceptors (Lipinski definition) is 6. The minimum absolute atomic E-state index is 0.158. The smallest absolute Gasteiger partial charge is 0.243 e. The first-order valence-electron chi connectivity index (χ1n) is 13.6. The number of fused-ring (bicyclic) bond motifs is 1. The third kappa shape index (κ3) is 7.38. The summed E-state index contributed by atoms with van der Waals surface area (Å²) in [6.07, 6.45) is 0. The molecule has 10 heteroatoms. The molecule has 216 valence electrons. The van der Waals surface area contributed by atoms with Gasteiger partial charge in [-0.25, -0.2) is 12.8 Å². The molecule has 0 unspecified atom stereocenters. The summed E-state index contributed by atoms with van der Waals surface area (Å²) in [4.78, 5) is 18.9. The molecule has 0 radical (unpaired) electrons. The van der Waals surface area contributed by atoms with Gasteiger partial charge in [-0.1, -0.05) is 42.5 Å². The molecular weight excluding hydrogens is 561 g/mol. The molecule has 0 aliphatic carbocycles. The highest BCUT2D eigenvalue weighted by molar-refractivity contribution is 7.89. The Balaban J connectivity index is 1.43. The van der Waals surface area contributed by atoms with E-state index >= 15 is 0 Å². The monoisotopic (exact) mass is 595 g/mol. The van der Waals surface area contributed by atoms with Crippen LogP contribution in [-0.2, 0) is 32.6 Å². The first-order chi connectivity index (χ1) is 19.8. The number of amides is 1. The van der Waals surface area contributed by atoms with Crippen LogP contribution in [0.4, 0.5) is 4.39 Å². The van der Waals surface area contributed by atoms with Crippen LogP contribution in [0.3, 0.4) is 0 Å². The Kier molecular flexibility index (Phi) is 9.46. The van der Waals surface area contributed by atoms with Gasteiger partial charge in [-0.3, -0.25) is 9.69 Å². The SMILES string of the molecule is Cc1ccsc1CN(Cc1ccc(F)cc1)C(=O)CN(CCN1CCOCC1)S(=O)(=O)c1ccc2ccccc2c1. The molecule has 7 nitrogen and oxygen atoms in total. The third-order valence-corrected chi connectivity index (χ3v) is 10.2. The molecule has 4 aromatic rings. The van der Waals surface area contributed by atoms with Crippen LogP contribution in [-0.4, -0.2) is 74.4 Å². The number of hydrogen-bond donors (Lipinski definition) is 0. The molecule has 3 aromatic carbocycles. The number of nitrogens with zero attached hydrogens (tertiary/aromatic N) is 3. The Labute approximate surface area is 244 Å². The molecule has 0 bridgehead atoms. The lowest BCUT2D eigenvalue weighted by Gasteiger charge is -2.31. The van der Waals surface area contributed by atoms with Crippen LogP contribution < -0.4 is 0 Å². The maximum Gasteiger partial charge on any atom is 0.243 e. The summed E-state index contributed by atoms with van der Waals surface area (Å²) in [5.74, 6) is -0.662. The molecule has 1 aromatic heterocycles. The van der Waals surface area contributed by atoms with Crippen molar-refractivity contribution in [2.45, 2.75) is 24.9 Å². The maximum atomic E-state index is 14.0. The highest BCUT2D eigenvalue weighted by Gasteiger charge is 2.30. The van der Waals surface area contributed by atoms with Crippen molar-refractivity contribution in [1.82, 2.24) is 14.1 Å². The van der Waals surface area contributed by atoms with Gasteiger partial charge in [-0.2, -0.15) is 4.31 Å². The second kappa shape index (κ2) is 13.2. The standard InChI is InChI=1S/C31H34FN3O4S2/c1-24-12-19-40-30(24)22-34(21-25-6-9-28(32)10-7-25)31(36)23-35(14-13-33-15-17-39-18-16-33)41(37,38)29-11-8-26-4-2-3-5-27(26)20-29/h2-12,19-20H,13-18,21-23H2,1H3. The van der Waals surface area contributed by atoms with Gasteiger partial charge >= 0.3 is 0 Å². The minimum Gasteiger partial charge on any atom is -0.379 e. The van der Waals surface area contributed by atoms with E-state index in [1.807, 2.05) is 42.6 Å². The van der Waals surface area contributed by atoms with Crippen LogP contribution in [0.25, 0.3) is 10.8 Å². The van der Waals surface area contributed by atoms with Crippen molar-refractivity contribution in [3.63, 3.8) is 0 Å². The Morgan fingerprint density at radius 3 is 2.41 bits per heavy atom. The van der Waals surface area contributed by atoms with Crippen molar-refractivity contribution in [3.8, 4) is 0 Å². The normalized spacial score (nSPS) is 14.5. The Morgan fingerprint density at radius 2 is 1.71 bits per heavy atom. The second-order valence-electron chi connectivity index (χ2n) is 10.2. The van der Waals surface area contributed by atoms with E-state index in [1.54, 1.807) is 46.6 Å². The predicted molar refractivity (Wildman–Crippen MR) is 160 cm³/mol. The predicted octanol–water partition coefficient (Wildman–Crippen LogP) is 4.90.